The lowest BCUT2D eigenvalue weighted by atomic mass is 10.3. The van der Waals surface area contributed by atoms with Crippen LogP contribution >= 0.6 is 0 Å². The van der Waals surface area contributed by atoms with Crippen LogP contribution in [0.15, 0.2) is 29.2 Å². The van der Waals surface area contributed by atoms with E-state index in [1.165, 1.54) is 16.8 Å². The van der Waals surface area contributed by atoms with Crippen molar-refractivity contribution in [3.8, 4) is 5.69 Å². The topological polar surface area (TPSA) is 107 Å². The molecule has 0 aliphatic heterocycles. The summed E-state index contributed by atoms with van der Waals surface area (Å²) in [7, 11) is -1.50. The summed E-state index contributed by atoms with van der Waals surface area (Å²) < 4.78 is 29.4. The highest BCUT2D eigenvalue weighted by molar-refractivity contribution is 7.90. The molecule has 0 saturated heterocycles. The third kappa shape index (κ3) is 4.59. The predicted molar refractivity (Wildman–Crippen MR) is 85.2 cm³/mol. The first-order chi connectivity index (χ1) is 11.3. The Labute approximate surface area is 140 Å². The molecule has 1 heterocycles. The van der Waals surface area contributed by atoms with E-state index in [-0.39, 0.29) is 17.4 Å². The van der Waals surface area contributed by atoms with Crippen LogP contribution in [0.4, 0.5) is 0 Å². The van der Waals surface area contributed by atoms with E-state index in [9.17, 15) is 13.2 Å². The highest BCUT2D eigenvalue weighted by Gasteiger charge is 2.14. The van der Waals surface area contributed by atoms with Gasteiger partial charge in [0.15, 0.2) is 15.7 Å². The molecule has 0 aliphatic rings. The normalized spacial score (nSPS) is 11.7. The fourth-order valence-corrected chi connectivity index (χ4v) is 2.69. The first kappa shape index (κ1) is 18.0. The minimum absolute atomic E-state index is 0.119. The number of carbonyl (C=O) groups is 1. The van der Waals surface area contributed by atoms with Gasteiger partial charge in [-0.25, -0.2) is 8.42 Å². The van der Waals surface area contributed by atoms with E-state index in [0.29, 0.717) is 24.7 Å². The number of sulfone groups is 1. The first-order valence-corrected chi connectivity index (χ1v) is 9.12. The first-order valence-electron chi connectivity index (χ1n) is 7.23. The lowest BCUT2D eigenvalue weighted by Crippen LogP contribution is -2.28. The number of ether oxygens (including phenoxy) is 1. The zero-order valence-electron chi connectivity index (χ0n) is 13.7. The Balaban J connectivity index is 2.14. The molecule has 0 radical (unpaired) electrons. The number of esters is 1. The second kappa shape index (κ2) is 7.49. The van der Waals surface area contributed by atoms with Gasteiger partial charge in [-0.3, -0.25) is 9.69 Å². The fourth-order valence-electron chi connectivity index (χ4n) is 2.06. The summed E-state index contributed by atoms with van der Waals surface area (Å²) >= 11 is 0. The lowest BCUT2D eigenvalue weighted by molar-refractivity contribution is -0.144. The minimum atomic E-state index is -3.26. The maximum atomic E-state index is 11.5. The highest BCUT2D eigenvalue weighted by Crippen LogP contribution is 2.14. The monoisotopic (exact) mass is 353 g/mol. The van der Waals surface area contributed by atoms with E-state index in [1.54, 1.807) is 31.0 Å². The third-order valence-electron chi connectivity index (χ3n) is 3.16. The van der Waals surface area contributed by atoms with Crippen molar-refractivity contribution in [2.45, 2.75) is 18.4 Å². The summed E-state index contributed by atoms with van der Waals surface area (Å²) in [5, 5.41) is 11.5. The van der Waals surface area contributed by atoms with Crippen molar-refractivity contribution in [1.82, 2.24) is 25.1 Å². The van der Waals surface area contributed by atoms with Crippen molar-refractivity contribution >= 4 is 15.8 Å². The lowest BCUT2D eigenvalue weighted by Gasteiger charge is -2.15. The maximum absolute atomic E-state index is 11.5. The summed E-state index contributed by atoms with van der Waals surface area (Å²) in [6, 6.07) is 6.25. The van der Waals surface area contributed by atoms with E-state index in [0.717, 1.165) is 6.26 Å². The van der Waals surface area contributed by atoms with Gasteiger partial charge in [0, 0.05) is 6.26 Å². The zero-order chi connectivity index (χ0) is 17.7. The summed E-state index contributed by atoms with van der Waals surface area (Å²) in [6.07, 6.45) is 1.15. The summed E-state index contributed by atoms with van der Waals surface area (Å²) in [5.74, 6) is 0.199. The number of hydrogen-bond donors (Lipinski definition) is 0. The second-order valence-corrected chi connectivity index (χ2v) is 7.27. The molecule has 0 unspecified atom stereocenters. The molecule has 1 aromatic carbocycles. The van der Waals surface area contributed by atoms with Crippen LogP contribution in [0.2, 0.25) is 0 Å². The van der Waals surface area contributed by atoms with Gasteiger partial charge in [0.05, 0.1) is 30.3 Å². The van der Waals surface area contributed by atoms with E-state index < -0.39 is 9.84 Å². The molecule has 24 heavy (non-hydrogen) atoms. The summed E-state index contributed by atoms with van der Waals surface area (Å²) in [5.41, 5.74) is 0.631. The SMILES string of the molecule is CCOC(=O)CN(C)Cc1nnnn1-c1ccc(S(C)(=O)=O)cc1. The Bertz CT molecular complexity index is 801. The fraction of sp³-hybridized carbons (Fsp3) is 0.429. The van der Waals surface area contributed by atoms with Crippen LogP contribution < -0.4 is 0 Å². The second-order valence-electron chi connectivity index (χ2n) is 5.25. The molecule has 1 aromatic heterocycles. The molecule has 2 aromatic rings. The predicted octanol–water partition coefficient (Wildman–Crippen LogP) is 0.0607. The number of hydrogen-bond acceptors (Lipinski definition) is 8. The van der Waals surface area contributed by atoms with Gasteiger partial charge in [0.25, 0.3) is 0 Å². The Kier molecular flexibility index (Phi) is 5.62. The van der Waals surface area contributed by atoms with Crippen LogP contribution in [0.1, 0.15) is 12.7 Å². The molecule has 9 nitrogen and oxygen atoms in total. The standard InChI is InChI=1S/C14H19N5O4S/c1-4-23-14(20)10-18(2)9-13-15-16-17-19(13)11-5-7-12(8-6-11)24(3,21)22/h5-8H,4,9-10H2,1-3H3. The summed E-state index contributed by atoms with van der Waals surface area (Å²) in [6.45, 7) is 2.53. The van der Waals surface area contributed by atoms with Crippen molar-refractivity contribution in [3.05, 3.63) is 30.1 Å². The van der Waals surface area contributed by atoms with Crippen LogP contribution in [-0.2, 0) is 25.9 Å². The quantitative estimate of drug-likeness (QED) is 0.643. The maximum Gasteiger partial charge on any atom is 0.320 e. The van der Waals surface area contributed by atoms with Crippen LogP contribution in [0.3, 0.4) is 0 Å². The molecule has 0 N–H and O–H groups in total. The van der Waals surface area contributed by atoms with Gasteiger partial charge in [-0.1, -0.05) is 0 Å². The van der Waals surface area contributed by atoms with Gasteiger partial charge in [0.1, 0.15) is 0 Å². The van der Waals surface area contributed by atoms with Crippen molar-refractivity contribution < 1.29 is 17.9 Å². The Hall–Kier alpha value is -2.33. The Morgan fingerprint density at radius 3 is 2.54 bits per heavy atom. The van der Waals surface area contributed by atoms with E-state index >= 15 is 0 Å². The van der Waals surface area contributed by atoms with E-state index in [4.69, 9.17) is 4.74 Å². The average molecular weight is 353 g/mol. The summed E-state index contributed by atoms with van der Waals surface area (Å²) in [4.78, 5) is 13.4. The molecule has 0 spiro atoms. The van der Waals surface area contributed by atoms with Crippen molar-refractivity contribution in [2.24, 2.45) is 0 Å². The van der Waals surface area contributed by atoms with Crippen LogP contribution in [0.25, 0.3) is 5.69 Å². The number of carbonyl (C=O) groups excluding carboxylic acids is 1. The van der Waals surface area contributed by atoms with Crippen molar-refractivity contribution in [2.75, 3.05) is 26.5 Å². The molecule has 0 bridgehead atoms. The van der Waals surface area contributed by atoms with Gasteiger partial charge in [0.2, 0.25) is 0 Å². The van der Waals surface area contributed by atoms with Gasteiger partial charge < -0.3 is 4.74 Å². The number of rotatable bonds is 7. The van der Waals surface area contributed by atoms with Gasteiger partial charge >= 0.3 is 5.97 Å². The molecule has 10 heteroatoms. The van der Waals surface area contributed by atoms with Gasteiger partial charge in [-0.2, -0.15) is 4.68 Å². The van der Waals surface area contributed by atoms with Gasteiger partial charge in [-0.15, -0.1) is 5.10 Å². The number of aromatic nitrogens is 4. The molecule has 0 aliphatic carbocycles. The van der Waals surface area contributed by atoms with Crippen molar-refractivity contribution in [3.63, 3.8) is 0 Å². The van der Waals surface area contributed by atoms with Gasteiger partial charge in [-0.05, 0) is 48.7 Å². The minimum Gasteiger partial charge on any atom is -0.465 e. The third-order valence-corrected chi connectivity index (χ3v) is 4.29. The Morgan fingerprint density at radius 2 is 1.96 bits per heavy atom. The van der Waals surface area contributed by atoms with Crippen molar-refractivity contribution in [1.29, 1.82) is 0 Å². The smallest absolute Gasteiger partial charge is 0.320 e. The molecule has 0 saturated carbocycles. The highest BCUT2D eigenvalue weighted by atomic mass is 32.2. The number of nitrogens with zero attached hydrogens (tertiary/aromatic N) is 5. The molecule has 0 atom stereocenters. The average Bonchev–Trinajstić information content (AvgIpc) is 2.94. The molecule has 0 fully saturated rings. The van der Waals surface area contributed by atoms with Crippen LogP contribution in [0.5, 0.6) is 0 Å². The number of tetrazole rings is 1. The van der Waals surface area contributed by atoms with E-state index in [2.05, 4.69) is 15.5 Å². The number of likely N-dealkylation sites (N-methyl/N-ethyl adjacent to an activating group) is 1. The molecule has 0 amide bonds. The molecular weight excluding hydrogens is 334 g/mol. The molecule has 130 valence electrons. The molecule has 2 rings (SSSR count). The van der Waals surface area contributed by atoms with Crippen LogP contribution in [0, 0.1) is 0 Å². The number of benzene rings is 1. The van der Waals surface area contributed by atoms with Crippen LogP contribution in [-0.4, -0.2) is 65.9 Å². The zero-order valence-corrected chi connectivity index (χ0v) is 14.5. The molecular formula is C14H19N5O4S. The largest absolute Gasteiger partial charge is 0.465 e. The Morgan fingerprint density at radius 1 is 1.29 bits per heavy atom. The van der Waals surface area contributed by atoms with E-state index in [1.807, 2.05) is 0 Å².